The summed E-state index contributed by atoms with van der Waals surface area (Å²) in [4.78, 5) is 10.5. The van der Waals surface area contributed by atoms with Crippen molar-refractivity contribution in [3.05, 3.63) is 36.4 Å². The lowest BCUT2D eigenvalue weighted by atomic mass is 10.4. The van der Waals surface area contributed by atoms with Gasteiger partial charge in [-0.3, -0.25) is 4.79 Å². The third kappa shape index (κ3) is 10.6. The van der Waals surface area contributed by atoms with Crippen LogP contribution in [0.4, 0.5) is 0 Å². The van der Waals surface area contributed by atoms with Crippen LogP contribution < -0.4 is 0 Å². The standard InChI is InChI=1S/C7H14O2.C6H6/c1-3-5-6-9-7(8)4-2;1-2-4-6-5-3-1/h3-6H2,1-2H3;1-6H. The van der Waals surface area contributed by atoms with Gasteiger partial charge in [-0.2, -0.15) is 0 Å². The largest absolute Gasteiger partial charge is 0.466 e. The Kier molecular flexibility index (Phi) is 9.83. The molecule has 0 aliphatic carbocycles. The fourth-order valence-electron chi connectivity index (χ4n) is 0.817. The van der Waals surface area contributed by atoms with E-state index in [0.717, 1.165) is 12.8 Å². The molecule has 1 aromatic rings. The van der Waals surface area contributed by atoms with E-state index in [-0.39, 0.29) is 5.97 Å². The van der Waals surface area contributed by atoms with Gasteiger partial charge in [0.2, 0.25) is 0 Å². The molecule has 0 atom stereocenters. The number of benzene rings is 1. The summed E-state index contributed by atoms with van der Waals surface area (Å²) in [6.45, 7) is 4.46. The molecule has 0 aliphatic heterocycles. The van der Waals surface area contributed by atoms with Crippen LogP contribution in [0.2, 0.25) is 0 Å². The van der Waals surface area contributed by atoms with E-state index in [2.05, 4.69) is 6.92 Å². The Bertz CT molecular complexity index is 205. The lowest BCUT2D eigenvalue weighted by Gasteiger charge is -1.99. The van der Waals surface area contributed by atoms with Gasteiger partial charge in [-0.1, -0.05) is 56.7 Å². The van der Waals surface area contributed by atoms with Gasteiger partial charge in [0, 0.05) is 6.42 Å². The number of carbonyl (C=O) groups excluding carboxylic acids is 1. The SMILES string of the molecule is CCCCOC(=O)CC.c1ccccc1. The summed E-state index contributed by atoms with van der Waals surface area (Å²) in [5.74, 6) is -0.0940. The Morgan fingerprint density at radius 3 is 1.80 bits per heavy atom. The molecule has 0 unspecified atom stereocenters. The average Bonchev–Trinajstić information content (AvgIpc) is 2.32. The molecule has 0 radical (unpaired) electrons. The van der Waals surface area contributed by atoms with E-state index in [0.29, 0.717) is 13.0 Å². The minimum atomic E-state index is -0.0940. The zero-order chi connectivity index (χ0) is 11.4. The summed E-state index contributed by atoms with van der Waals surface area (Å²) < 4.78 is 4.79. The van der Waals surface area contributed by atoms with Crippen molar-refractivity contribution in [2.24, 2.45) is 0 Å². The molecular formula is C13H20O2. The highest BCUT2D eigenvalue weighted by Gasteiger charge is 1.94. The van der Waals surface area contributed by atoms with Crippen LogP contribution >= 0.6 is 0 Å². The minimum Gasteiger partial charge on any atom is -0.466 e. The maximum Gasteiger partial charge on any atom is 0.305 e. The van der Waals surface area contributed by atoms with Gasteiger partial charge in [0.25, 0.3) is 0 Å². The first kappa shape index (κ1) is 13.7. The number of ether oxygens (including phenoxy) is 1. The van der Waals surface area contributed by atoms with Gasteiger partial charge >= 0.3 is 5.97 Å². The highest BCUT2D eigenvalue weighted by molar-refractivity contribution is 5.68. The van der Waals surface area contributed by atoms with Crippen LogP contribution in [-0.2, 0) is 9.53 Å². The van der Waals surface area contributed by atoms with Crippen LogP contribution in [0.25, 0.3) is 0 Å². The van der Waals surface area contributed by atoms with E-state index in [4.69, 9.17) is 4.74 Å². The third-order valence-electron chi connectivity index (χ3n) is 1.72. The van der Waals surface area contributed by atoms with Gasteiger partial charge in [-0.15, -0.1) is 0 Å². The molecule has 1 rings (SSSR count). The first-order valence-corrected chi connectivity index (χ1v) is 5.46. The van der Waals surface area contributed by atoms with Gasteiger partial charge in [0.05, 0.1) is 6.61 Å². The summed E-state index contributed by atoms with van der Waals surface area (Å²) >= 11 is 0. The number of esters is 1. The molecule has 0 aliphatic rings. The fraction of sp³-hybridized carbons (Fsp3) is 0.462. The Balaban J connectivity index is 0.000000280. The number of rotatable bonds is 4. The molecule has 0 spiro atoms. The van der Waals surface area contributed by atoms with Gasteiger partial charge < -0.3 is 4.74 Å². The molecule has 0 N–H and O–H groups in total. The Morgan fingerprint density at radius 1 is 1.00 bits per heavy atom. The van der Waals surface area contributed by atoms with Crippen molar-refractivity contribution >= 4 is 5.97 Å². The molecule has 2 nitrogen and oxygen atoms in total. The van der Waals surface area contributed by atoms with E-state index >= 15 is 0 Å². The Hall–Kier alpha value is -1.31. The summed E-state index contributed by atoms with van der Waals surface area (Å²) in [5.41, 5.74) is 0. The van der Waals surface area contributed by atoms with Gasteiger partial charge in [0.1, 0.15) is 0 Å². The molecule has 0 amide bonds. The fourth-order valence-corrected chi connectivity index (χ4v) is 0.817. The van der Waals surface area contributed by atoms with Crippen molar-refractivity contribution < 1.29 is 9.53 Å². The molecule has 0 fully saturated rings. The van der Waals surface area contributed by atoms with Gasteiger partial charge in [0.15, 0.2) is 0 Å². The van der Waals surface area contributed by atoms with E-state index in [1.807, 2.05) is 36.4 Å². The minimum absolute atomic E-state index is 0.0940. The summed E-state index contributed by atoms with van der Waals surface area (Å²) in [6.07, 6.45) is 2.55. The first-order chi connectivity index (χ1) is 7.31. The maximum atomic E-state index is 10.5. The smallest absolute Gasteiger partial charge is 0.305 e. The van der Waals surface area contributed by atoms with Crippen molar-refractivity contribution in [1.82, 2.24) is 0 Å². The van der Waals surface area contributed by atoms with E-state index in [1.165, 1.54) is 0 Å². The quantitative estimate of drug-likeness (QED) is 0.559. The number of hydrogen-bond acceptors (Lipinski definition) is 2. The highest BCUT2D eigenvalue weighted by atomic mass is 16.5. The van der Waals surface area contributed by atoms with E-state index in [1.54, 1.807) is 6.92 Å². The summed E-state index contributed by atoms with van der Waals surface area (Å²) in [5, 5.41) is 0. The Labute approximate surface area is 92.3 Å². The topological polar surface area (TPSA) is 26.3 Å². The summed E-state index contributed by atoms with van der Waals surface area (Å²) in [6, 6.07) is 12.0. The molecule has 0 heterocycles. The van der Waals surface area contributed by atoms with Crippen LogP contribution in [0.1, 0.15) is 33.1 Å². The molecule has 1 aromatic carbocycles. The van der Waals surface area contributed by atoms with E-state index < -0.39 is 0 Å². The molecule has 84 valence electrons. The van der Waals surface area contributed by atoms with Crippen molar-refractivity contribution in [3.8, 4) is 0 Å². The van der Waals surface area contributed by atoms with E-state index in [9.17, 15) is 4.79 Å². The maximum absolute atomic E-state index is 10.5. The van der Waals surface area contributed by atoms with Crippen molar-refractivity contribution in [2.75, 3.05) is 6.61 Å². The van der Waals surface area contributed by atoms with Crippen LogP contribution in [0.5, 0.6) is 0 Å². The second-order valence-electron chi connectivity index (χ2n) is 3.08. The van der Waals surface area contributed by atoms with Crippen LogP contribution in [0.3, 0.4) is 0 Å². The van der Waals surface area contributed by atoms with Gasteiger partial charge in [-0.05, 0) is 6.42 Å². The molecule has 0 aromatic heterocycles. The highest BCUT2D eigenvalue weighted by Crippen LogP contribution is 1.90. The first-order valence-electron chi connectivity index (χ1n) is 5.46. The number of unbranched alkanes of at least 4 members (excludes halogenated alkanes) is 1. The molecule has 15 heavy (non-hydrogen) atoms. The Morgan fingerprint density at radius 2 is 1.47 bits per heavy atom. The zero-order valence-electron chi connectivity index (χ0n) is 9.61. The second kappa shape index (κ2) is 10.8. The van der Waals surface area contributed by atoms with Crippen LogP contribution in [0.15, 0.2) is 36.4 Å². The van der Waals surface area contributed by atoms with Crippen LogP contribution in [0, 0.1) is 0 Å². The monoisotopic (exact) mass is 208 g/mol. The molecule has 0 saturated carbocycles. The number of hydrogen-bond donors (Lipinski definition) is 0. The zero-order valence-corrected chi connectivity index (χ0v) is 9.61. The lowest BCUT2D eigenvalue weighted by molar-refractivity contribution is -0.143. The molecule has 0 saturated heterocycles. The predicted octanol–water partition coefficient (Wildman–Crippen LogP) is 3.43. The molecular weight excluding hydrogens is 188 g/mol. The van der Waals surface area contributed by atoms with Crippen molar-refractivity contribution in [2.45, 2.75) is 33.1 Å². The lowest BCUT2D eigenvalue weighted by Crippen LogP contribution is -2.02. The summed E-state index contributed by atoms with van der Waals surface area (Å²) in [7, 11) is 0. The second-order valence-corrected chi connectivity index (χ2v) is 3.08. The number of carbonyl (C=O) groups is 1. The van der Waals surface area contributed by atoms with Crippen LogP contribution in [-0.4, -0.2) is 12.6 Å². The molecule has 2 heteroatoms. The average molecular weight is 208 g/mol. The van der Waals surface area contributed by atoms with Crippen molar-refractivity contribution in [3.63, 3.8) is 0 Å². The van der Waals surface area contributed by atoms with Crippen molar-refractivity contribution in [1.29, 1.82) is 0 Å². The van der Waals surface area contributed by atoms with Gasteiger partial charge in [-0.25, -0.2) is 0 Å². The molecule has 0 bridgehead atoms. The normalized spacial score (nSPS) is 8.67. The predicted molar refractivity (Wildman–Crippen MR) is 62.6 cm³/mol. The third-order valence-corrected chi connectivity index (χ3v) is 1.72.